The van der Waals surface area contributed by atoms with Crippen molar-refractivity contribution in [3.63, 3.8) is 0 Å². The van der Waals surface area contributed by atoms with Crippen LogP contribution in [0.3, 0.4) is 0 Å². The molecule has 2 heterocycles. The van der Waals surface area contributed by atoms with Crippen molar-refractivity contribution in [3.8, 4) is 5.75 Å². The number of benzene rings is 1. The van der Waals surface area contributed by atoms with Gasteiger partial charge in [-0.1, -0.05) is 0 Å². The third kappa shape index (κ3) is 4.12. The number of halogens is 3. The van der Waals surface area contributed by atoms with Crippen molar-refractivity contribution in [3.05, 3.63) is 24.3 Å². The lowest BCUT2D eigenvalue weighted by molar-refractivity contribution is -0.274. The standard InChI is InChI=1S/C16H19F3N2O4S/c17-16(18,19)25-13-5-7-14(8-6-13)26(23,24)20-9-1-3-12(11-20)21-10-2-4-15(21)22/h5-8,12H,1-4,9-11H2/t12-/m1/s1. The van der Waals surface area contributed by atoms with Crippen LogP contribution >= 0.6 is 0 Å². The van der Waals surface area contributed by atoms with Gasteiger partial charge in [0.2, 0.25) is 15.9 Å². The molecule has 2 fully saturated rings. The molecule has 3 rings (SSSR count). The molecular formula is C16H19F3N2O4S. The highest BCUT2D eigenvalue weighted by Gasteiger charge is 2.36. The number of amides is 1. The highest BCUT2D eigenvalue weighted by atomic mass is 32.2. The fraction of sp³-hybridized carbons (Fsp3) is 0.562. The molecule has 0 aromatic heterocycles. The zero-order chi connectivity index (χ0) is 18.9. The fourth-order valence-electron chi connectivity index (χ4n) is 3.41. The molecule has 0 N–H and O–H groups in total. The summed E-state index contributed by atoms with van der Waals surface area (Å²) in [5.74, 6) is -0.432. The van der Waals surface area contributed by atoms with E-state index in [1.807, 2.05) is 0 Å². The molecule has 0 radical (unpaired) electrons. The summed E-state index contributed by atoms with van der Waals surface area (Å²) in [4.78, 5) is 13.5. The molecule has 0 bridgehead atoms. The van der Waals surface area contributed by atoms with Gasteiger partial charge in [0.05, 0.1) is 4.90 Å². The maximum atomic E-state index is 12.8. The quantitative estimate of drug-likeness (QED) is 0.789. The summed E-state index contributed by atoms with van der Waals surface area (Å²) < 4.78 is 67.3. The third-order valence-electron chi connectivity index (χ3n) is 4.61. The Morgan fingerprint density at radius 1 is 1.08 bits per heavy atom. The van der Waals surface area contributed by atoms with Crippen LogP contribution in [-0.2, 0) is 14.8 Å². The van der Waals surface area contributed by atoms with Gasteiger partial charge in [0.1, 0.15) is 5.75 Å². The number of piperidine rings is 1. The van der Waals surface area contributed by atoms with Crippen LogP contribution in [0, 0.1) is 0 Å². The first kappa shape index (κ1) is 19.0. The van der Waals surface area contributed by atoms with Crippen LogP contribution in [0.2, 0.25) is 0 Å². The smallest absolute Gasteiger partial charge is 0.406 e. The Bertz CT molecular complexity index is 765. The van der Waals surface area contributed by atoms with Crippen molar-refractivity contribution in [2.75, 3.05) is 19.6 Å². The van der Waals surface area contributed by atoms with Gasteiger partial charge in [-0.15, -0.1) is 13.2 Å². The van der Waals surface area contributed by atoms with E-state index in [9.17, 15) is 26.4 Å². The van der Waals surface area contributed by atoms with Gasteiger partial charge in [-0.25, -0.2) is 8.42 Å². The zero-order valence-corrected chi connectivity index (χ0v) is 14.7. The number of sulfonamides is 1. The van der Waals surface area contributed by atoms with Gasteiger partial charge in [-0.3, -0.25) is 4.79 Å². The van der Waals surface area contributed by atoms with E-state index in [1.165, 1.54) is 4.31 Å². The van der Waals surface area contributed by atoms with Crippen LogP contribution in [0.25, 0.3) is 0 Å². The summed E-state index contributed by atoms with van der Waals surface area (Å²) in [5.41, 5.74) is 0. The Morgan fingerprint density at radius 2 is 1.77 bits per heavy atom. The fourth-order valence-corrected chi connectivity index (χ4v) is 4.93. The van der Waals surface area contributed by atoms with E-state index in [4.69, 9.17) is 0 Å². The first-order chi connectivity index (χ1) is 12.2. The van der Waals surface area contributed by atoms with E-state index in [-0.39, 0.29) is 23.4 Å². The van der Waals surface area contributed by atoms with Gasteiger partial charge in [0, 0.05) is 32.1 Å². The number of alkyl halides is 3. The van der Waals surface area contributed by atoms with Crippen LogP contribution in [0.5, 0.6) is 5.75 Å². The normalized spacial score (nSPS) is 22.7. The van der Waals surface area contributed by atoms with E-state index in [0.29, 0.717) is 25.9 Å². The summed E-state index contributed by atoms with van der Waals surface area (Å²) in [6, 6.07) is 4.00. The lowest BCUT2D eigenvalue weighted by Crippen LogP contribution is -2.50. The summed E-state index contributed by atoms with van der Waals surface area (Å²) >= 11 is 0. The second kappa shape index (κ2) is 7.07. The van der Waals surface area contributed by atoms with Gasteiger partial charge >= 0.3 is 6.36 Å². The largest absolute Gasteiger partial charge is 0.573 e. The molecule has 1 amide bonds. The molecule has 144 valence electrons. The minimum atomic E-state index is -4.83. The maximum absolute atomic E-state index is 12.8. The zero-order valence-electron chi connectivity index (χ0n) is 13.9. The van der Waals surface area contributed by atoms with E-state index in [0.717, 1.165) is 37.1 Å². The van der Waals surface area contributed by atoms with Crippen LogP contribution in [-0.4, -0.2) is 55.6 Å². The maximum Gasteiger partial charge on any atom is 0.573 e. The Kier molecular flexibility index (Phi) is 5.16. The molecule has 2 aliphatic heterocycles. The van der Waals surface area contributed by atoms with Gasteiger partial charge in [-0.2, -0.15) is 4.31 Å². The molecule has 2 aliphatic rings. The van der Waals surface area contributed by atoms with E-state index >= 15 is 0 Å². The molecule has 0 unspecified atom stereocenters. The van der Waals surface area contributed by atoms with Crippen molar-refractivity contribution in [2.24, 2.45) is 0 Å². The van der Waals surface area contributed by atoms with Crippen LogP contribution in [0.1, 0.15) is 25.7 Å². The number of nitrogens with zero attached hydrogens (tertiary/aromatic N) is 2. The average molecular weight is 392 g/mol. The average Bonchev–Trinajstić information content (AvgIpc) is 3.00. The van der Waals surface area contributed by atoms with Crippen LogP contribution in [0.4, 0.5) is 13.2 Å². The first-order valence-corrected chi connectivity index (χ1v) is 9.76. The van der Waals surface area contributed by atoms with Crippen molar-refractivity contribution >= 4 is 15.9 Å². The number of rotatable bonds is 4. The van der Waals surface area contributed by atoms with Gasteiger partial charge in [0.15, 0.2) is 0 Å². The molecule has 0 aliphatic carbocycles. The van der Waals surface area contributed by atoms with E-state index < -0.39 is 22.1 Å². The molecule has 0 spiro atoms. The summed E-state index contributed by atoms with van der Waals surface area (Å²) in [6.07, 6.45) is -2.19. The molecule has 0 saturated carbocycles. The summed E-state index contributed by atoms with van der Waals surface area (Å²) in [5, 5.41) is 0. The molecule has 6 nitrogen and oxygen atoms in total. The van der Waals surface area contributed by atoms with Gasteiger partial charge in [-0.05, 0) is 43.5 Å². The third-order valence-corrected chi connectivity index (χ3v) is 6.48. The molecule has 1 atom stereocenters. The number of hydrogen-bond acceptors (Lipinski definition) is 4. The Morgan fingerprint density at radius 3 is 2.35 bits per heavy atom. The second-order valence-corrected chi connectivity index (χ2v) is 8.31. The Balaban J connectivity index is 1.73. The number of carbonyl (C=O) groups excluding carboxylic acids is 1. The van der Waals surface area contributed by atoms with Gasteiger partial charge in [0.25, 0.3) is 0 Å². The second-order valence-electron chi connectivity index (χ2n) is 6.37. The minimum Gasteiger partial charge on any atom is -0.406 e. The highest BCUT2D eigenvalue weighted by Crippen LogP contribution is 2.28. The highest BCUT2D eigenvalue weighted by molar-refractivity contribution is 7.89. The van der Waals surface area contributed by atoms with E-state index in [1.54, 1.807) is 4.90 Å². The van der Waals surface area contributed by atoms with Crippen LogP contribution in [0.15, 0.2) is 29.2 Å². The topological polar surface area (TPSA) is 66.9 Å². The molecular weight excluding hydrogens is 373 g/mol. The van der Waals surface area contributed by atoms with Gasteiger partial charge < -0.3 is 9.64 Å². The number of hydrogen-bond donors (Lipinski definition) is 0. The molecule has 1 aromatic carbocycles. The summed E-state index contributed by atoms with van der Waals surface area (Å²) in [7, 11) is -3.84. The predicted octanol–water partition coefficient (Wildman–Crippen LogP) is 2.36. The SMILES string of the molecule is O=C1CCCN1[C@@H]1CCCN(S(=O)(=O)c2ccc(OC(F)(F)F)cc2)C1. The Hall–Kier alpha value is -1.81. The van der Waals surface area contributed by atoms with E-state index in [2.05, 4.69) is 4.74 Å². The summed E-state index contributed by atoms with van der Waals surface area (Å²) in [6.45, 7) is 1.16. The lowest BCUT2D eigenvalue weighted by Gasteiger charge is -2.36. The van der Waals surface area contributed by atoms with Crippen molar-refractivity contribution in [1.82, 2.24) is 9.21 Å². The monoisotopic (exact) mass is 392 g/mol. The number of likely N-dealkylation sites (tertiary alicyclic amines) is 1. The Labute approximate surface area is 149 Å². The van der Waals surface area contributed by atoms with Crippen LogP contribution < -0.4 is 4.74 Å². The molecule has 1 aromatic rings. The predicted molar refractivity (Wildman–Crippen MR) is 85.9 cm³/mol. The number of ether oxygens (including phenoxy) is 1. The van der Waals surface area contributed by atoms with Crippen molar-refractivity contribution in [1.29, 1.82) is 0 Å². The number of carbonyl (C=O) groups is 1. The van der Waals surface area contributed by atoms with Crippen molar-refractivity contribution < 1.29 is 31.1 Å². The molecule has 2 saturated heterocycles. The molecule has 10 heteroatoms. The van der Waals surface area contributed by atoms with Crippen molar-refractivity contribution in [2.45, 2.75) is 43.0 Å². The molecule has 26 heavy (non-hydrogen) atoms. The first-order valence-electron chi connectivity index (χ1n) is 8.32. The minimum absolute atomic E-state index is 0.0444. The lowest BCUT2D eigenvalue weighted by atomic mass is 10.1.